The van der Waals surface area contributed by atoms with E-state index in [1.807, 2.05) is 0 Å². The van der Waals surface area contributed by atoms with E-state index in [1.54, 1.807) is 7.05 Å². The van der Waals surface area contributed by atoms with Crippen LogP contribution in [0.25, 0.3) is 0 Å². The van der Waals surface area contributed by atoms with Crippen LogP contribution in [0.3, 0.4) is 0 Å². The van der Waals surface area contributed by atoms with Gasteiger partial charge in [-0.3, -0.25) is 10.1 Å². The minimum atomic E-state index is -0.565. The standard InChI is InChI=1S/C10H14N4O4/c1-11-10-12-5-8(14(15)16)9(13-10)18-6-7-3-2-4-17-7/h5,7H,2-4,6H2,1H3,(H,11,12,13). The normalized spacial score (nSPS) is 18.6. The maximum absolute atomic E-state index is 10.8. The lowest BCUT2D eigenvalue weighted by Gasteiger charge is -2.11. The summed E-state index contributed by atoms with van der Waals surface area (Å²) in [4.78, 5) is 18.0. The van der Waals surface area contributed by atoms with Gasteiger partial charge in [0, 0.05) is 13.7 Å². The maximum Gasteiger partial charge on any atom is 0.349 e. The predicted octanol–water partition coefficient (Wildman–Crippen LogP) is 0.984. The van der Waals surface area contributed by atoms with Crippen molar-refractivity contribution >= 4 is 11.6 Å². The first-order valence-corrected chi connectivity index (χ1v) is 5.64. The van der Waals surface area contributed by atoms with Crippen molar-refractivity contribution in [1.82, 2.24) is 9.97 Å². The number of hydrogen-bond acceptors (Lipinski definition) is 7. The van der Waals surface area contributed by atoms with E-state index in [-0.39, 0.29) is 30.2 Å². The third kappa shape index (κ3) is 2.83. The Morgan fingerprint density at radius 2 is 2.56 bits per heavy atom. The van der Waals surface area contributed by atoms with Gasteiger partial charge < -0.3 is 14.8 Å². The minimum Gasteiger partial charge on any atom is -0.470 e. The van der Waals surface area contributed by atoms with Gasteiger partial charge in [-0.1, -0.05) is 0 Å². The molecule has 2 heterocycles. The smallest absolute Gasteiger partial charge is 0.349 e. The Bertz CT molecular complexity index is 434. The third-order valence-electron chi connectivity index (χ3n) is 2.59. The Morgan fingerprint density at radius 1 is 1.72 bits per heavy atom. The Kier molecular flexibility index (Phi) is 3.88. The van der Waals surface area contributed by atoms with Crippen molar-refractivity contribution in [3.8, 4) is 5.88 Å². The second-order valence-corrected chi connectivity index (χ2v) is 3.84. The van der Waals surface area contributed by atoms with Crippen LogP contribution < -0.4 is 10.1 Å². The highest BCUT2D eigenvalue weighted by Gasteiger charge is 2.22. The van der Waals surface area contributed by atoms with Crippen LogP contribution >= 0.6 is 0 Å². The number of rotatable bonds is 5. The molecule has 8 heteroatoms. The van der Waals surface area contributed by atoms with Crippen molar-refractivity contribution in [2.45, 2.75) is 18.9 Å². The topological polar surface area (TPSA) is 99.4 Å². The molecule has 1 unspecified atom stereocenters. The number of anilines is 1. The molecule has 1 fully saturated rings. The zero-order valence-corrected chi connectivity index (χ0v) is 9.96. The number of nitrogens with zero attached hydrogens (tertiary/aromatic N) is 3. The highest BCUT2D eigenvalue weighted by atomic mass is 16.6. The van der Waals surface area contributed by atoms with E-state index < -0.39 is 4.92 Å². The van der Waals surface area contributed by atoms with Gasteiger partial charge in [-0.25, -0.2) is 4.98 Å². The number of nitrogens with one attached hydrogen (secondary N) is 1. The Balaban J connectivity index is 2.10. The molecule has 0 radical (unpaired) electrons. The molecular formula is C10H14N4O4. The summed E-state index contributed by atoms with van der Waals surface area (Å²) in [6.07, 6.45) is 3.00. The highest BCUT2D eigenvalue weighted by molar-refractivity contribution is 5.42. The van der Waals surface area contributed by atoms with E-state index in [1.165, 1.54) is 0 Å². The molecule has 0 aliphatic carbocycles. The van der Waals surface area contributed by atoms with E-state index in [0.717, 1.165) is 19.0 Å². The van der Waals surface area contributed by atoms with E-state index in [2.05, 4.69) is 15.3 Å². The molecule has 0 spiro atoms. The molecule has 0 amide bonds. The fourth-order valence-electron chi connectivity index (χ4n) is 1.66. The molecule has 2 rings (SSSR count). The lowest BCUT2D eigenvalue weighted by Crippen LogP contribution is -2.17. The highest BCUT2D eigenvalue weighted by Crippen LogP contribution is 2.25. The molecule has 0 aromatic carbocycles. The van der Waals surface area contributed by atoms with Crippen LogP contribution in [0.4, 0.5) is 11.6 Å². The van der Waals surface area contributed by atoms with Gasteiger partial charge in [0.2, 0.25) is 5.95 Å². The van der Waals surface area contributed by atoms with Crippen LogP contribution in [0.5, 0.6) is 5.88 Å². The predicted molar refractivity (Wildman–Crippen MR) is 62.7 cm³/mol. The quantitative estimate of drug-likeness (QED) is 0.617. The number of hydrogen-bond donors (Lipinski definition) is 1. The largest absolute Gasteiger partial charge is 0.470 e. The van der Waals surface area contributed by atoms with Gasteiger partial charge in [0.05, 0.1) is 11.0 Å². The number of nitro groups is 1. The third-order valence-corrected chi connectivity index (χ3v) is 2.59. The summed E-state index contributed by atoms with van der Waals surface area (Å²) in [5, 5.41) is 13.5. The molecule has 0 saturated carbocycles. The lowest BCUT2D eigenvalue weighted by atomic mass is 10.2. The molecular weight excluding hydrogens is 240 g/mol. The van der Waals surface area contributed by atoms with Crippen molar-refractivity contribution in [3.05, 3.63) is 16.3 Å². The van der Waals surface area contributed by atoms with Gasteiger partial charge in [-0.2, -0.15) is 4.98 Å². The average Bonchev–Trinajstić information content (AvgIpc) is 2.88. The monoisotopic (exact) mass is 254 g/mol. The van der Waals surface area contributed by atoms with Crippen LogP contribution in [0.1, 0.15) is 12.8 Å². The van der Waals surface area contributed by atoms with Gasteiger partial charge in [-0.15, -0.1) is 0 Å². The minimum absolute atomic E-state index is 0.0161. The first kappa shape index (κ1) is 12.5. The van der Waals surface area contributed by atoms with Crippen LogP contribution in [0, 0.1) is 10.1 Å². The summed E-state index contributed by atoms with van der Waals surface area (Å²) < 4.78 is 10.7. The van der Waals surface area contributed by atoms with E-state index >= 15 is 0 Å². The molecule has 1 atom stereocenters. The first-order chi connectivity index (χ1) is 8.70. The number of ether oxygens (including phenoxy) is 2. The molecule has 1 aliphatic heterocycles. The van der Waals surface area contributed by atoms with Gasteiger partial charge in [0.15, 0.2) is 0 Å². The van der Waals surface area contributed by atoms with Crippen LogP contribution in [-0.4, -0.2) is 41.3 Å². The SMILES string of the molecule is CNc1ncc([N+](=O)[O-])c(OCC2CCCO2)n1. The summed E-state index contributed by atoms with van der Waals surface area (Å²) in [5.41, 5.74) is -0.244. The van der Waals surface area contributed by atoms with Crippen molar-refractivity contribution in [1.29, 1.82) is 0 Å². The Hall–Kier alpha value is -1.96. The molecule has 8 nitrogen and oxygen atoms in total. The lowest BCUT2D eigenvalue weighted by molar-refractivity contribution is -0.386. The zero-order chi connectivity index (χ0) is 13.0. The van der Waals surface area contributed by atoms with Gasteiger partial charge >= 0.3 is 5.69 Å². The van der Waals surface area contributed by atoms with Gasteiger partial charge in [-0.05, 0) is 12.8 Å². The molecule has 18 heavy (non-hydrogen) atoms. The molecule has 1 aliphatic rings. The van der Waals surface area contributed by atoms with Crippen LogP contribution in [0.15, 0.2) is 6.20 Å². The second kappa shape index (κ2) is 5.58. The van der Waals surface area contributed by atoms with E-state index in [0.29, 0.717) is 6.61 Å². The van der Waals surface area contributed by atoms with Gasteiger partial charge in [0.25, 0.3) is 5.88 Å². The summed E-state index contributed by atoms with van der Waals surface area (Å²) in [5.74, 6) is 0.248. The second-order valence-electron chi connectivity index (χ2n) is 3.84. The Morgan fingerprint density at radius 3 is 3.17 bits per heavy atom. The zero-order valence-electron chi connectivity index (χ0n) is 9.96. The summed E-state index contributed by atoms with van der Waals surface area (Å²) in [6, 6.07) is 0. The molecule has 1 N–H and O–H groups in total. The molecule has 1 saturated heterocycles. The summed E-state index contributed by atoms with van der Waals surface area (Å²) in [6.45, 7) is 0.975. The molecule has 1 aromatic heterocycles. The maximum atomic E-state index is 10.8. The van der Waals surface area contributed by atoms with E-state index in [9.17, 15) is 10.1 Å². The average molecular weight is 254 g/mol. The molecule has 98 valence electrons. The van der Waals surface area contributed by atoms with Crippen LogP contribution in [0.2, 0.25) is 0 Å². The summed E-state index contributed by atoms with van der Waals surface area (Å²) in [7, 11) is 1.63. The van der Waals surface area contributed by atoms with Crippen molar-refractivity contribution in [2.75, 3.05) is 25.6 Å². The van der Waals surface area contributed by atoms with Crippen molar-refractivity contribution in [3.63, 3.8) is 0 Å². The van der Waals surface area contributed by atoms with Crippen LogP contribution in [-0.2, 0) is 4.74 Å². The summed E-state index contributed by atoms with van der Waals surface area (Å²) >= 11 is 0. The van der Waals surface area contributed by atoms with E-state index in [4.69, 9.17) is 9.47 Å². The first-order valence-electron chi connectivity index (χ1n) is 5.64. The van der Waals surface area contributed by atoms with Gasteiger partial charge in [0.1, 0.15) is 12.8 Å². The fourth-order valence-corrected chi connectivity index (χ4v) is 1.66. The number of aromatic nitrogens is 2. The van der Waals surface area contributed by atoms with Crippen molar-refractivity contribution < 1.29 is 14.4 Å². The Labute approximate surface area is 103 Å². The molecule has 0 bridgehead atoms. The fraction of sp³-hybridized carbons (Fsp3) is 0.600. The molecule has 1 aromatic rings. The van der Waals surface area contributed by atoms with Crippen molar-refractivity contribution in [2.24, 2.45) is 0 Å².